The highest BCUT2D eigenvalue weighted by atomic mass is 32.2. The van der Waals surface area contributed by atoms with E-state index >= 15 is 0 Å². The second-order valence-corrected chi connectivity index (χ2v) is 6.60. The highest BCUT2D eigenvalue weighted by Gasteiger charge is 2.32. The molecule has 1 aliphatic heterocycles. The van der Waals surface area contributed by atoms with Gasteiger partial charge in [-0.25, -0.2) is 0 Å². The Kier molecular flexibility index (Phi) is 5.39. The minimum atomic E-state index is -4.34. The number of nitrogens with one attached hydrogen (secondary N) is 1. The maximum Gasteiger partial charge on any atom is 0.416 e. The van der Waals surface area contributed by atoms with E-state index in [1.807, 2.05) is 0 Å². The standard InChI is InChI=1S/C15H18F3NO2S/c16-15(17,18)12-4-1-11(2-5-12)3-6-13(20)19-9-14(21)7-8-22-10-14/h1-2,4-5,21H,3,6-10H2,(H,19,20). The van der Waals surface area contributed by atoms with Crippen LogP contribution in [0.25, 0.3) is 0 Å². The molecule has 22 heavy (non-hydrogen) atoms. The zero-order valence-electron chi connectivity index (χ0n) is 11.9. The van der Waals surface area contributed by atoms with Crippen LogP contribution in [0.4, 0.5) is 13.2 Å². The second kappa shape index (κ2) is 6.91. The molecule has 1 aromatic rings. The van der Waals surface area contributed by atoms with Crippen molar-refractivity contribution in [1.29, 1.82) is 0 Å². The molecular formula is C15H18F3NO2S. The molecule has 0 radical (unpaired) electrons. The largest absolute Gasteiger partial charge is 0.416 e. The molecule has 1 aromatic carbocycles. The number of carbonyl (C=O) groups is 1. The lowest BCUT2D eigenvalue weighted by Crippen LogP contribution is -2.43. The fourth-order valence-corrected chi connectivity index (χ4v) is 3.50. The summed E-state index contributed by atoms with van der Waals surface area (Å²) in [6, 6.07) is 4.81. The summed E-state index contributed by atoms with van der Waals surface area (Å²) in [4.78, 5) is 11.7. The number of aliphatic hydroxyl groups is 1. The minimum absolute atomic E-state index is 0.189. The number of rotatable bonds is 5. The molecule has 2 N–H and O–H groups in total. The molecule has 3 nitrogen and oxygen atoms in total. The molecule has 1 atom stereocenters. The Hall–Kier alpha value is -1.21. The van der Waals surface area contributed by atoms with Gasteiger partial charge in [-0.1, -0.05) is 12.1 Å². The maximum atomic E-state index is 12.4. The Balaban J connectivity index is 1.76. The molecule has 122 valence electrons. The first kappa shape index (κ1) is 17.1. The van der Waals surface area contributed by atoms with Crippen LogP contribution >= 0.6 is 11.8 Å². The molecule has 0 aliphatic carbocycles. The third-order valence-electron chi connectivity index (χ3n) is 3.62. The average molecular weight is 333 g/mol. The maximum absolute atomic E-state index is 12.4. The van der Waals surface area contributed by atoms with Crippen LogP contribution in [0.3, 0.4) is 0 Å². The van der Waals surface area contributed by atoms with Crippen molar-refractivity contribution in [2.24, 2.45) is 0 Å². The second-order valence-electron chi connectivity index (χ2n) is 5.50. The van der Waals surface area contributed by atoms with E-state index in [2.05, 4.69) is 5.32 Å². The van der Waals surface area contributed by atoms with Gasteiger partial charge in [0.1, 0.15) is 0 Å². The van der Waals surface area contributed by atoms with Crippen molar-refractivity contribution < 1.29 is 23.1 Å². The van der Waals surface area contributed by atoms with E-state index in [-0.39, 0.29) is 18.9 Å². The Morgan fingerprint density at radius 2 is 2.00 bits per heavy atom. The number of aryl methyl sites for hydroxylation is 1. The van der Waals surface area contributed by atoms with Gasteiger partial charge in [-0.15, -0.1) is 0 Å². The van der Waals surface area contributed by atoms with Gasteiger partial charge in [0.15, 0.2) is 0 Å². The van der Waals surface area contributed by atoms with Crippen molar-refractivity contribution in [2.45, 2.75) is 31.0 Å². The molecule has 1 heterocycles. The minimum Gasteiger partial charge on any atom is -0.387 e. The van der Waals surface area contributed by atoms with E-state index < -0.39 is 17.3 Å². The van der Waals surface area contributed by atoms with Gasteiger partial charge in [0.2, 0.25) is 5.91 Å². The van der Waals surface area contributed by atoms with Gasteiger partial charge in [0.05, 0.1) is 11.2 Å². The lowest BCUT2D eigenvalue weighted by atomic mass is 10.0. The molecule has 0 aromatic heterocycles. The summed E-state index contributed by atoms with van der Waals surface area (Å²) in [6.07, 6.45) is -3.12. The van der Waals surface area contributed by atoms with E-state index in [1.54, 1.807) is 11.8 Å². The van der Waals surface area contributed by atoms with Gasteiger partial charge >= 0.3 is 6.18 Å². The molecular weight excluding hydrogens is 315 g/mol. The number of hydrogen-bond acceptors (Lipinski definition) is 3. The van der Waals surface area contributed by atoms with E-state index in [0.29, 0.717) is 24.2 Å². The van der Waals surface area contributed by atoms with E-state index in [9.17, 15) is 23.1 Å². The Labute approximate surface area is 131 Å². The third-order valence-corrected chi connectivity index (χ3v) is 4.85. The predicted molar refractivity (Wildman–Crippen MR) is 79.7 cm³/mol. The van der Waals surface area contributed by atoms with Crippen molar-refractivity contribution in [3.8, 4) is 0 Å². The van der Waals surface area contributed by atoms with Crippen molar-refractivity contribution in [3.05, 3.63) is 35.4 Å². The topological polar surface area (TPSA) is 49.3 Å². The van der Waals surface area contributed by atoms with Crippen LogP contribution in [-0.4, -0.2) is 34.7 Å². The zero-order chi connectivity index (χ0) is 16.2. The van der Waals surface area contributed by atoms with Gasteiger partial charge < -0.3 is 10.4 Å². The first-order valence-corrected chi connectivity index (χ1v) is 8.17. The number of carbonyl (C=O) groups excluding carboxylic acids is 1. The van der Waals surface area contributed by atoms with Crippen LogP contribution in [0.2, 0.25) is 0 Å². The van der Waals surface area contributed by atoms with Crippen LogP contribution in [0, 0.1) is 0 Å². The highest BCUT2D eigenvalue weighted by molar-refractivity contribution is 7.99. The van der Waals surface area contributed by atoms with Gasteiger partial charge in [0.25, 0.3) is 0 Å². The highest BCUT2D eigenvalue weighted by Crippen LogP contribution is 2.29. The fraction of sp³-hybridized carbons (Fsp3) is 0.533. The van der Waals surface area contributed by atoms with Crippen molar-refractivity contribution in [3.63, 3.8) is 0 Å². The SMILES string of the molecule is O=C(CCc1ccc(C(F)(F)F)cc1)NCC1(O)CCSC1. The number of alkyl halides is 3. The summed E-state index contributed by atoms with van der Waals surface area (Å²) in [5.74, 6) is 1.30. The number of halogens is 3. The van der Waals surface area contributed by atoms with Crippen LogP contribution in [0.15, 0.2) is 24.3 Å². The lowest BCUT2D eigenvalue weighted by Gasteiger charge is -2.21. The van der Waals surface area contributed by atoms with Crippen LogP contribution < -0.4 is 5.32 Å². The summed E-state index contributed by atoms with van der Waals surface area (Å²) in [7, 11) is 0. The molecule has 1 saturated heterocycles. The quantitative estimate of drug-likeness (QED) is 0.871. The summed E-state index contributed by atoms with van der Waals surface area (Å²) in [5, 5.41) is 12.8. The van der Waals surface area contributed by atoms with Crippen LogP contribution in [-0.2, 0) is 17.4 Å². The number of thioether (sulfide) groups is 1. The van der Waals surface area contributed by atoms with Gasteiger partial charge in [0, 0.05) is 18.7 Å². The lowest BCUT2D eigenvalue weighted by molar-refractivity contribution is -0.137. The number of hydrogen-bond donors (Lipinski definition) is 2. The monoisotopic (exact) mass is 333 g/mol. The molecule has 7 heteroatoms. The van der Waals surface area contributed by atoms with Crippen molar-refractivity contribution in [1.82, 2.24) is 5.32 Å². The Morgan fingerprint density at radius 1 is 1.32 bits per heavy atom. The smallest absolute Gasteiger partial charge is 0.387 e. The fourth-order valence-electron chi connectivity index (χ4n) is 2.21. The van der Waals surface area contributed by atoms with Crippen LogP contribution in [0.1, 0.15) is 24.0 Å². The predicted octanol–water partition coefficient (Wildman–Crippen LogP) is 2.62. The zero-order valence-corrected chi connectivity index (χ0v) is 12.8. The van der Waals surface area contributed by atoms with Gasteiger partial charge in [-0.2, -0.15) is 24.9 Å². The van der Waals surface area contributed by atoms with Gasteiger partial charge in [-0.3, -0.25) is 4.79 Å². The normalized spacial score (nSPS) is 21.8. The van der Waals surface area contributed by atoms with Crippen LogP contribution in [0.5, 0.6) is 0 Å². The van der Waals surface area contributed by atoms with E-state index in [1.165, 1.54) is 12.1 Å². The molecule has 1 amide bonds. The summed E-state index contributed by atoms with van der Waals surface area (Å²) in [6.45, 7) is 0.228. The molecule has 1 fully saturated rings. The molecule has 1 unspecified atom stereocenters. The summed E-state index contributed by atoms with van der Waals surface area (Å²) in [5.41, 5.74) is -0.839. The number of benzene rings is 1. The average Bonchev–Trinajstić information content (AvgIpc) is 2.90. The summed E-state index contributed by atoms with van der Waals surface area (Å²) < 4.78 is 37.3. The third kappa shape index (κ3) is 4.91. The van der Waals surface area contributed by atoms with E-state index in [0.717, 1.165) is 17.9 Å². The Morgan fingerprint density at radius 3 is 2.55 bits per heavy atom. The number of amides is 1. The molecule has 2 rings (SSSR count). The molecule has 0 bridgehead atoms. The Bertz CT molecular complexity index is 511. The first-order valence-electron chi connectivity index (χ1n) is 7.01. The molecule has 1 aliphatic rings. The molecule has 0 saturated carbocycles. The van der Waals surface area contributed by atoms with Crippen molar-refractivity contribution in [2.75, 3.05) is 18.1 Å². The van der Waals surface area contributed by atoms with Crippen molar-refractivity contribution >= 4 is 17.7 Å². The summed E-state index contributed by atoms with van der Waals surface area (Å²) >= 11 is 1.65. The van der Waals surface area contributed by atoms with E-state index in [4.69, 9.17) is 0 Å². The van der Waals surface area contributed by atoms with Gasteiger partial charge in [-0.05, 0) is 36.3 Å². The molecule has 0 spiro atoms. The first-order chi connectivity index (χ1) is 10.3.